The van der Waals surface area contributed by atoms with Crippen molar-refractivity contribution in [3.8, 4) is 0 Å². The van der Waals surface area contributed by atoms with E-state index in [4.69, 9.17) is 5.11 Å². The Balaban J connectivity index is 2.25. The van der Waals surface area contributed by atoms with E-state index in [1.165, 1.54) is 11.3 Å². The van der Waals surface area contributed by atoms with Crippen LogP contribution in [0.5, 0.6) is 0 Å². The topological polar surface area (TPSA) is 78.4 Å². The molecule has 0 radical (unpaired) electrons. The van der Waals surface area contributed by atoms with Crippen molar-refractivity contribution in [1.29, 1.82) is 0 Å². The van der Waals surface area contributed by atoms with E-state index < -0.39 is 12.0 Å². The van der Waals surface area contributed by atoms with E-state index >= 15 is 0 Å². The predicted octanol–water partition coefficient (Wildman–Crippen LogP) is 1.39. The van der Waals surface area contributed by atoms with Crippen LogP contribution in [0.15, 0.2) is 15.9 Å². The molecule has 0 bridgehead atoms. The number of nitrogens with one attached hydrogen (secondary N) is 2. The first-order valence-corrected chi connectivity index (χ1v) is 5.71. The molecular weight excluding hydrogens is 284 g/mol. The molecular formula is C8H9BrN2O3S. The number of hydrogen-bond donors (Lipinski definition) is 3. The molecule has 7 heteroatoms. The average Bonchev–Trinajstić information content (AvgIpc) is 2.58. The Kier molecular flexibility index (Phi) is 4.57. The third kappa shape index (κ3) is 4.80. The summed E-state index contributed by atoms with van der Waals surface area (Å²) in [5.74, 6) is -1.07. The van der Waals surface area contributed by atoms with Crippen molar-refractivity contribution in [2.45, 2.75) is 6.54 Å². The van der Waals surface area contributed by atoms with E-state index in [-0.39, 0.29) is 6.54 Å². The summed E-state index contributed by atoms with van der Waals surface area (Å²) in [6.45, 7) is 0.0156. The number of urea groups is 1. The molecule has 0 aromatic carbocycles. The van der Waals surface area contributed by atoms with Gasteiger partial charge in [-0.25, -0.2) is 4.79 Å². The van der Waals surface area contributed by atoms with Crippen LogP contribution >= 0.6 is 27.3 Å². The number of hydrogen-bond acceptors (Lipinski definition) is 3. The van der Waals surface area contributed by atoms with Gasteiger partial charge in [0.15, 0.2) is 0 Å². The Morgan fingerprint density at radius 3 is 2.73 bits per heavy atom. The number of carboxylic acids is 1. The molecule has 2 amide bonds. The molecule has 1 rings (SSSR count). The Bertz CT molecular complexity index is 367. The normalized spacial score (nSPS) is 9.67. The molecule has 3 N–H and O–H groups in total. The SMILES string of the molecule is O=C(O)CNC(=O)NCc1cc(Br)cs1. The van der Waals surface area contributed by atoms with Gasteiger partial charge in [0, 0.05) is 14.7 Å². The van der Waals surface area contributed by atoms with E-state index in [2.05, 4.69) is 26.6 Å². The van der Waals surface area contributed by atoms with E-state index in [0.717, 1.165) is 9.35 Å². The summed E-state index contributed by atoms with van der Waals surface area (Å²) in [5, 5.41) is 15.0. The van der Waals surface area contributed by atoms with Crippen LogP contribution in [0.25, 0.3) is 0 Å². The van der Waals surface area contributed by atoms with E-state index in [0.29, 0.717) is 6.54 Å². The monoisotopic (exact) mass is 292 g/mol. The van der Waals surface area contributed by atoms with Crippen molar-refractivity contribution in [2.24, 2.45) is 0 Å². The smallest absolute Gasteiger partial charge is 0.323 e. The Hall–Kier alpha value is -1.08. The largest absolute Gasteiger partial charge is 0.480 e. The Morgan fingerprint density at radius 1 is 1.47 bits per heavy atom. The molecule has 0 saturated heterocycles. The summed E-state index contributed by atoms with van der Waals surface area (Å²) >= 11 is 4.80. The van der Waals surface area contributed by atoms with Gasteiger partial charge < -0.3 is 15.7 Å². The molecule has 0 aliphatic rings. The van der Waals surface area contributed by atoms with Gasteiger partial charge in [0.05, 0.1) is 6.54 Å². The molecule has 15 heavy (non-hydrogen) atoms. The molecule has 5 nitrogen and oxygen atoms in total. The van der Waals surface area contributed by atoms with Crippen LogP contribution in [-0.4, -0.2) is 23.7 Å². The second-order valence-corrected chi connectivity index (χ2v) is 4.57. The molecule has 82 valence electrons. The molecule has 0 fully saturated rings. The second-order valence-electron chi connectivity index (χ2n) is 2.66. The third-order valence-electron chi connectivity index (χ3n) is 1.45. The second kappa shape index (κ2) is 5.72. The van der Waals surface area contributed by atoms with Gasteiger partial charge in [-0.2, -0.15) is 0 Å². The maximum absolute atomic E-state index is 11.0. The summed E-state index contributed by atoms with van der Waals surface area (Å²) in [6.07, 6.45) is 0. The summed E-state index contributed by atoms with van der Waals surface area (Å²) < 4.78 is 0.968. The number of thiophene rings is 1. The molecule has 0 aliphatic heterocycles. The van der Waals surface area contributed by atoms with Crippen molar-refractivity contribution >= 4 is 39.3 Å². The van der Waals surface area contributed by atoms with Gasteiger partial charge in [-0.05, 0) is 22.0 Å². The summed E-state index contributed by atoms with van der Waals surface area (Å²) in [4.78, 5) is 22.2. The first-order valence-electron chi connectivity index (χ1n) is 4.04. The molecule has 0 atom stereocenters. The van der Waals surface area contributed by atoms with Crippen LogP contribution in [0.4, 0.5) is 4.79 Å². The highest BCUT2D eigenvalue weighted by Gasteiger charge is 2.03. The van der Waals surface area contributed by atoms with Crippen LogP contribution in [0.3, 0.4) is 0 Å². The number of halogens is 1. The lowest BCUT2D eigenvalue weighted by molar-refractivity contribution is -0.135. The summed E-state index contributed by atoms with van der Waals surface area (Å²) in [6, 6.07) is 1.41. The number of rotatable bonds is 4. The molecule has 1 aromatic heterocycles. The van der Waals surface area contributed by atoms with Gasteiger partial charge in [0.2, 0.25) is 0 Å². The number of carboxylic acid groups (broad SMARTS) is 1. The van der Waals surface area contributed by atoms with E-state index in [1.807, 2.05) is 11.4 Å². The van der Waals surface area contributed by atoms with Gasteiger partial charge in [-0.15, -0.1) is 11.3 Å². The fraction of sp³-hybridized carbons (Fsp3) is 0.250. The zero-order valence-corrected chi connectivity index (χ0v) is 10.0. The van der Waals surface area contributed by atoms with E-state index in [9.17, 15) is 9.59 Å². The summed E-state index contributed by atoms with van der Waals surface area (Å²) in [7, 11) is 0. The van der Waals surface area contributed by atoms with Crippen LogP contribution in [0.2, 0.25) is 0 Å². The third-order valence-corrected chi connectivity index (χ3v) is 3.14. The van der Waals surface area contributed by atoms with Gasteiger partial charge in [0.1, 0.15) is 6.54 Å². The minimum absolute atomic E-state index is 0.375. The van der Waals surface area contributed by atoms with E-state index in [1.54, 1.807) is 0 Å². The maximum Gasteiger partial charge on any atom is 0.323 e. The fourth-order valence-electron chi connectivity index (χ4n) is 0.832. The zero-order valence-electron chi connectivity index (χ0n) is 7.62. The number of carbonyl (C=O) groups excluding carboxylic acids is 1. The average molecular weight is 293 g/mol. The number of aliphatic carboxylic acids is 1. The molecule has 0 saturated carbocycles. The predicted molar refractivity (Wildman–Crippen MR) is 59.9 cm³/mol. The van der Waals surface area contributed by atoms with Gasteiger partial charge in [-0.3, -0.25) is 4.79 Å². The first-order chi connectivity index (χ1) is 7.08. The van der Waals surface area contributed by atoms with Crippen molar-refractivity contribution in [3.63, 3.8) is 0 Å². The van der Waals surface area contributed by atoms with Crippen LogP contribution in [-0.2, 0) is 11.3 Å². The van der Waals surface area contributed by atoms with Crippen molar-refractivity contribution in [2.75, 3.05) is 6.54 Å². The molecule has 0 spiro atoms. The van der Waals surface area contributed by atoms with Crippen LogP contribution < -0.4 is 10.6 Å². The lowest BCUT2D eigenvalue weighted by Gasteiger charge is -2.03. The molecule has 1 aromatic rings. The van der Waals surface area contributed by atoms with Crippen molar-refractivity contribution < 1.29 is 14.7 Å². The standard InChI is InChI=1S/C8H9BrN2O3S/c9-5-1-6(15-4-5)2-10-8(14)11-3-7(12)13/h1,4H,2-3H2,(H,12,13)(H2,10,11,14). The van der Waals surface area contributed by atoms with Crippen molar-refractivity contribution in [1.82, 2.24) is 10.6 Å². The maximum atomic E-state index is 11.0. The lowest BCUT2D eigenvalue weighted by Crippen LogP contribution is -2.37. The van der Waals surface area contributed by atoms with Crippen molar-refractivity contribution in [3.05, 3.63) is 20.8 Å². The quantitative estimate of drug-likeness (QED) is 0.785. The lowest BCUT2D eigenvalue weighted by atomic mass is 10.5. The molecule has 1 heterocycles. The minimum atomic E-state index is -1.07. The first kappa shape index (κ1) is 12.0. The van der Waals surface area contributed by atoms with Gasteiger partial charge in [0.25, 0.3) is 0 Å². The van der Waals surface area contributed by atoms with Crippen LogP contribution in [0, 0.1) is 0 Å². The Morgan fingerprint density at radius 2 is 2.20 bits per heavy atom. The highest BCUT2D eigenvalue weighted by molar-refractivity contribution is 9.10. The highest BCUT2D eigenvalue weighted by atomic mass is 79.9. The number of amides is 2. The Labute approximate surface area is 98.6 Å². The minimum Gasteiger partial charge on any atom is -0.480 e. The number of carbonyl (C=O) groups is 2. The highest BCUT2D eigenvalue weighted by Crippen LogP contribution is 2.19. The fourth-order valence-corrected chi connectivity index (χ4v) is 2.22. The summed E-state index contributed by atoms with van der Waals surface area (Å²) in [5.41, 5.74) is 0. The molecule has 0 aliphatic carbocycles. The van der Waals surface area contributed by atoms with Crippen LogP contribution in [0.1, 0.15) is 4.88 Å². The zero-order chi connectivity index (χ0) is 11.3. The van der Waals surface area contributed by atoms with Gasteiger partial charge >= 0.3 is 12.0 Å². The molecule has 0 unspecified atom stereocenters. The van der Waals surface area contributed by atoms with Gasteiger partial charge in [-0.1, -0.05) is 0 Å².